The third-order valence-electron chi connectivity index (χ3n) is 10.3. The van der Waals surface area contributed by atoms with Crippen LogP contribution in [0.4, 0.5) is 0 Å². The van der Waals surface area contributed by atoms with Gasteiger partial charge in [0.25, 0.3) is 0 Å². The third-order valence-corrected chi connectivity index (χ3v) is 10.3. The molecule has 0 radical (unpaired) electrons. The van der Waals surface area contributed by atoms with Gasteiger partial charge in [-0.25, -0.2) is 0 Å². The van der Waals surface area contributed by atoms with Crippen molar-refractivity contribution in [2.75, 3.05) is 26.8 Å². The number of methoxy groups -OCH3 is 1. The zero-order valence-electron chi connectivity index (χ0n) is 27.2. The third kappa shape index (κ3) is 5.59. The Bertz CT molecular complexity index is 1760. The Morgan fingerprint density at radius 1 is 1.08 bits per heavy atom. The van der Waals surface area contributed by atoms with Crippen LogP contribution >= 0.6 is 0 Å². The molecule has 0 bridgehead atoms. The fraction of sp³-hybridized carbons (Fsp3) is 0.472. The van der Waals surface area contributed by atoms with Gasteiger partial charge in [-0.2, -0.15) is 0 Å². The molecule has 13 heteroatoms. The summed E-state index contributed by atoms with van der Waals surface area (Å²) in [6.07, 6.45) is 3.85. The molecule has 2 aromatic carbocycles. The number of rotatable bonds is 8. The van der Waals surface area contributed by atoms with Crippen LogP contribution in [0.3, 0.4) is 0 Å². The molecule has 0 aromatic heterocycles. The zero-order valence-corrected chi connectivity index (χ0v) is 27.2. The number of allylic oxidation sites excluding steroid dienone is 1. The van der Waals surface area contributed by atoms with Crippen molar-refractivity contribution in [1.29, 1.82) is 0 Å². The number of ether oxygens (including phenoxy) is 5. The van der Waals surface area contributed by atoms with Gasteiger partial charge in [0.2, 0.25) is 5.78 Å². The highest BCUT2D eigenvalue weighted by Gasteiger charge is 2.51. The normalized spacial score (nSPS) is 29.4. The van der Waals surface area contributed by atoms with Crippen LogP contribution in [0, 0.1) is 0 Å². The molecular formula is C36H39NO12. The summed E-state index contributed by atoms with van der Waals surface area (Å²) in [5, 5.41) is 44.9. The molecule has 2 saturated heterocycles. The summed E-state index contributed by atoms with van der Waals surface area (Å²) in [5.41, 5.74) is -3.38. The molecule has 4 N–H and O–H groups in total. The molecule has 5 aliphatic rings. The van der Waals surface area contributed by atoms with Crippen molar-refractivity contribution in [2.24, 2.45) is 0 Å². The highest BCUT2D eigenvalue weighted by molar-refractivity contribution is 6.31. The van der Waals surface area contributed by atoms with E-state index in [1.165, 1.54) is 25.3 Å². The van der Waals surface area contributed by atoms with E-state index in [0.29, 0.717) is 18.6 Å². The summed E-state index contributed by atoms with van der Waals surface area (Å²) in [7, 11) is 1.35. The van der Waals surface area contributed by atoms with Gasteiger partial charge >= 0.3 is 0 Å². The molecule has 0 unspecified atom stereocenters. The van der Waals surface area contributed by atoms with Crippen LogP contribution in [0.2, 0.25) is 0 Å². The average Bonchev–Trinajstić information content (AvgIpc) is 3.64. The van der Waals surface area contributed by atoms with Crippen LogP contribution < -0.4 is 4.74 Å². The van der Waals surface area contributed by atoms with Crippen LogP contribution in [0.25, 0.3) is 0 Å². The number of phenols is 2. The maximum atomic E-state index is 14.0. The summed E-state index contributed by atoms with van der Waals surface area (Å²) in [6.45, 7) is 2.55. The van der Waals surface area contributed by atoms with E-state index >= 15 is 0 Å². The van der Waals surface area contributed by atoms with Gasteiger partial charge in [0.15, 0.2) is 17.9 Å². The standard InChI is InChI=1S/C36H39NO12/c1-18-35(48-19-7-6-12-46-17-19)22(37-10-3-4-11-37)13-26(47-18)49-24-15-36(44,25(39)16-38)14-21-28(24)34(43)30-29(32(21)41)31(40)20-8-5-9-23(45-2)27(20)33(30)42/h5-6,8-9,12,17-18,22,24,26,35,38,41,43-44H,3-4,7,10-11,13-16H2,1-2H3/t18-,22-,24-,26+,35+,36-/m0/s1. The molecule has 2 aromatic rings. The molecule has 3 heterocycles. The lowest BCUT2D eigenvalue weighted by molar-refractivity contribution is -0.260. The Kier molecular flexibility index (Phi) is 8.74. The fourth-order valence-electron chi connectivity index (χ4n) is 7.92. The van der Waals surface area contributed by atoms with E-state index in [0.717, 1.165) is 25.9 Å². The van der Waals surface area contributed by atoms with Gasteiger partial charge in [-0.1, -0.05) is 12.1 Å². The van der Waals surface area contributed by atoms with E-state index in [2.05, 4.69) is 4.90 Å². The summed E-state index contributed by atoms with van der Waals surface area (Å²) < 4.78 is 29.9. The maximum Gasteiger partial charge on any atom is 0.202 e. The number of Topliss-reactive ketones (excluding diaryl/α,β-unsaturated/α-hetero) is 1. The number of ketones is 3. The first-order chi connectivity index (χ1) is 23.6. The number of aliphatic hydroxyl groups excluding tert-OH is 1. The lowest BCUT2D eigenvalue weighted by Crippen LogP contribution is -2.56. The van der Waals surface area contributed by atoms with Crippen LogP contribution in [0.1, 0.15) is 88.1 Å². The summed E-state index contributed by atoms with van der Waals surface area (Å²) >= 11 is 0. The SMILES string of the molecule is COc1cccc2c1C(=O)c1c(O)c3c(c(O)c1C2=O)C[C@@](O)(C(=O)CO)C[C@@H]3O[C@@H]1C[C@H](N2CCCC2)[C@H](OC2=COC=CC2)[C@H](C)O1. The predicted octanol–water partition coefficient (Wildman–Crippen LogP) is 2.94. The Hall–Kier alpha value is -4.27. The number of likely N-dealkylation sites (tertiary alicyclic amines) is 1. The molecule has 2 fully saturated rings. The molecule has 2 aliphatic carbocycles. The first kappa shape index (κ1) is 33.2. The second kappa shape index (κ2) is 12.9. The van der Waals surface area contributed by atoms with Crippen LogP contribution in [0.15, 0.2) is 42.6 Å². The van der Waals surface area contributed by atoms with E-state index in [1.54, 1.807) is 12.5 Å². The molecular weight excluding hydrogens is 638 g/mol. The largest absolute Gasteiger partial charge is 0.507 e. The first-order valence-electron chi connectivity index (χ1n) is 16.5. The summed E-state index contributed by atoms with van der Waals surface area (Å²) in [4.78, 5) is 43.0. The second-order valence-electron chi connectivity index (χ2n) is 13.2. The van der Waals surface area contributed by atoms with Gasteiger partial charge in [0.05, 0.1) is 48.3 Å². The minimum absolute atomic E-state index is 0.0299. The number of hydrogen-bond acceptors (Lipinski definition) is 13. The quantitative estimate of drug-likeness (QED) is 0.256. The van der Waals surface area contributed by atoms with Gasteiger partial charge in [-0.15, -0.1) is 0 Å². The van der Waals surface area contributed by atoms with E-state index in [1.807, 2.05) is 13.0 Å². The molecule has 0 spiro atoms. The number of aliphatic hydroxyl groups is 2. The minimum Gasteiger partial charge on any atom is -0.507 e. The van der Waals surface area contributed by atoms with Gasteiger partial charge in [-0.05, 0) is 45.0 Å². The average molecular weight is 678 g/mol. The topological polar surface area (TPSA) is 182 Å². The minimum atomic E-state index is -2.23. The van der Waals surface area contributed by atoms with Gasteiger partial charge in [0.1, 0.15) is 47.6 Å². The fourth-order valence-corrected chi connectivity index (χ4v) is 7.92. The van der Waals surface area contributed by atoms with Gasteiger partial charge in [-0.3, -0.25) is 19.3 Å². The molecule has 49 heavy (non-hydrogen) atoms. The molecule has 0 saturated carbocycles. The van der Waals surface area contributed by atoms with Gasteiger partial charge in [0, 0.05) is 42.4 Å². The Labute approximate surface area is 282 Å². The second-order valence-corrected chi connectivity index (χ2v) is 13.2. The zero-order chi connectivity index (χ0) is 34.6. The Balaban J connectivity index is 1.28. The number of phenolic OH excluding ortho intramolecular Hbond substituents is 2. The van der Waals surface area contributed by atoms with Crippen molar-refractivity contribution in [2.45, 2.75) is 81.7 Å². The van der Waals surface area contributed by atoms with Crippen LogP contribution in [-0.2, 0) is 30.2 Å². The van der Waals surface area contributed by atoms with Crippen molar-refractivity contribution in [1.82, 2.24) is 4.90 Å². The van der Waals surface area contributed by atoms with Crippen LogP contribution in [0.5, 0.6) is 17.2 Å². The first-order valence-corrected chi connectivity index (χ1v) is 16.5. The van der Waals surface area contributed by atoms with E-state index in [-0.39, 0.29) is 40.1 Å². The lowest BCUT2D eigenvalue weighted by Gasteiger charge is -2.46. The van der Waals surface area contributed by atoms with Crippen molar-refractivity contribution in [3.63, 3.8) is 0 Å². The van der Waals surface area contributed by atoms with E-state index in [4.69, 9.17) is 23.7 Å². The van der Waals surface area contributed by atoms with Crippen molar-refractivity contribution in [3.05, 3.63) is 75.9 Å². The highest BCUT2D eigenvalue weighted by atomic mass is 16.7. The Morgan fingerprint density at radius 2 is 1.84 bits per heavy atom. The monoisotopic (exact) mass is 677 g/mol. The van der Waals surface area contributed by atoms with Crippen molar-refractivity contribution >= 4 is 17.3 Å². The number of carbonyl (C=O) groups is 3. The smallest absolute Gasteiger partial charge is 0.202 e. The highest BCUT2D eigenvalue weighted by Crippen LogP contribution is 2.52. The number of carbonyl (C=O) groups excluding carboxylic acids is 3. The number of nitrogens with zero attached hydrogens (tertiary/aromatic N) is 1. The molecule has 3 aliphatic heterocycles. The predicted molar refractivity (Wildman–Crippen MR) is 170 cm³/mol. The van der Waals surface area contributed by atoms with Crippen LogP contribution in [-0.4, -0.2) is 99.6 Å². The molecule has 260 valence electrons. The maximum absolute atomic E-state index is 14.0. The van der Waals surface area contributed by atoms with E-state index < -0.39 is 83.5 Å². The van der Waals surface area contributed by atoms with Crippen molar-refractivity contribution in [3.8, 4) is 17.2 Å². The summed E-state index contributed by atoms with van der Waals surface area (Å²) in [5.74, 6) is -2.91. The lowest BCUT2D eigenvalue weighted by atomic mass is 9.72. The molecule has 7 rings (SSSR count). The number of hydrogen-bond donors (Lipinski definition) is 4. The number of aromatic hydroxyl groups is 2. The molecule has 6 atom stereocenters. The van der Waals surface area contributed by atoms with E-state index in [9.17, 15) is 34.8 Å². The van der Waals surface area contributed by atoms with Crippen molar-refractivity contribution < 1.29 is 58.5 Å². The molecule has 0 amide bonds. The number of benzene rings is 2. The molecule has 13 nitrogen and oxygen atoms in total. The van der Waals surface area contributed by atoms with Gasteiger partial charge < -0.3 is 44.1 Å². The Morgan fingerprint density at radius 3 is 2.53 bits per heavy atom. The number of fused-ring (bicyclic) bond motifs is 3. The summed E-state index contributed by atoms with van der Waals surface area (Å²) in [6, 6.07) is 4.30.